The van der Waals surface area contributed by atoms with Crippen molar-refractivity contribution in [1.82, 2.24) is 15.4 Å². The van der Waals surface area contributed by atoms with Crippen LogP contribution in [0.15, 0.2) is 10.6 Å². The van der Waals surface area contributed by atoms with E-state index < -0.39 is 0 Å². The smallest absolute Gasteiger partial charge is 0.224 e. The highest BCUT2D eigenvalue weighted by Gasteiger charge is 2.22. The molecule has 1 aliphatic heterocycles. The van der Waals surface area contributed by atoms with Crippen molar-refractivity contribution in [2.24, 2.45) is 0 Å². The molecule has 1 aromatic rings. The fourth-order valence-electron chi connectivity index (χ4n) is 2.22. The Kier molecular flexibility index (Phi) is 4.19. The van der Waals surface area contributed by atoms with Crippen LogP contribution in [0.3, 0.4) is 0 Å². The van der Waals surface area contributed by atoms with E-state index in [0.717, 1.165) is 24.3 Å². The Morgan fingerprint density at radius 1 is 1.63 bits per heavy atom. The summed E-state index contributed by atoms with van der Waals surface area (Å²) in [4.78, 5) is 24.9. The number of carbonyl (C=O) groups is 2. The highest BCUT2D eigenvalue weighted by molar-refractivity contribution is 5.80. The maximum absolute atomic E-state index is 12.0. The largest absolute Gasteiger partial charge is 0.361 e. The molecule has 6 nitrogen and oxygen atoms in total. The Morgan fingerprint density at radius 2 is 2.42 bits per heavy atom. The maximum Gasteiger partial charge on any atom is 0.224 e. The van der Waals surface area contributed by atoms with E-state index in [9.17, 15) is 9.59 Å². The number of aromatic nitrogens is 1. The van der Waals surface area contributed by atoms with E-state index in [2.05, 4.69) is 10.5 Å². The van der Waals surface area contributed by atoms with Gasteiger partial charge < -0.3 is 14.7 Å². The minimum atomic E-state index is -0.0322. The van der Waals surface area contributed by atoms with Gasteiger partial charge in [-0.1, -0.05) is 5.16 Å². The van der Waals surface area contributed by atoms with Crippen LogP contribution in [0.2, 0.25) is 0 Å². The maximum atomic E-state index is 12.0. The SMILES string of the molecule is Cc1cc(CN(C)C(=O)CC2CCCC(=O)N2)no1. The zero-order chi connectivity index (χ0) is 13.8. The predicted molar refractivity (Wildman–Crippen MR) is 68.1 cm³/mol. The molecule has 1 fully saturated rings. The fourth-order valence-corrected chi connectivity index (χ4v) is 2.22. The first-order valence-electron chi connectivity index (χ1n) is 6.50. The zero-order valence-electron chi connectivity index (χ0n) is 11.3. The Labute approximate surface area is 112 Å². The lowest BCUT2D eigenvalue weighted by molar-refractivity contribution is -0.131. The van der Waals surface area contributed by atoms with E-state index in [1.54, 1.807) is 11.9 Å². The molecule has 104 valence electrons. The summed E-state index contributed by atoms with van der Waals surface area (Å²) >= 11 is 0. The summed E-state index contributed by atoms with van der Waals surface area (Å²) < 4.78 is 4.96. The molecule has 2 amide bonds. The molecule has 0 aliphatic carbocycles. The molecule has 2 heterocycles. The molecule has 19 heavy (non-hydrogen) atoms. The molecule has 1 saturated heterocycles. The first kappa shape index (κ1) is 13.6. The van der Waals surface area contributed by atoms with Crippen LogP contribution in [-0.2, 0) is 16.1 Å². The normalized spacial score (nSPS) is 19.1. The summed E-state index contributed by atoms with van der Waals surface area (Å²) in [5, 5.41) is 6.71. The Morgan fingerprint density at radius 3 is 3.05 bits per heavy atom. The summed E-state index contributed by atoms with van der Waals surface area (Å²) in [6, 6.07) is 1.78. The van der Waals surface area contributed by atoms with Crippen LogP contribution < -0.4 is 5.32 Å². The summed E-state index contributed by atoms with van der Waals surface area (Å²) in [5.74, 6) is 0.780. The van der Waals surface area contributed by atoms with Crippen LogP contribution in [0.25, 0.3) is 0 Å². The van der Waals surface area contributed by atoms with Crippen molar-refractivity contribution in [3.63, 3.8) is 0 Å². The molecule has 1 unspecified atom stereocenters. The summed E-state index contributed by atoms with van der Waals surface area (Å²) in [6.45, 7) is 2.24. The molecule has 0 saturated carbocycles. The molecule has 0 aromatic carbocycles. The summed E-state index contributed by atoms with van der Waals surface area (Å²) in [6.07, 6.45) is 2.64. The molecule has 6 heteroatoms. The number of nitrogens with zero attached hydrogens (tertiary/aromatic N) is 2. The summed E-state index contributed by atoms with van der Waals surface area (Å²) in [5.41, 5.74) is 0.737. The van der Waals surface area contributed by atoms with E-state index >= 15 is 0 Å². The second kappa shape index (κ2) is 5.86. The van der Waals surface area contributed by atoms with Gasteiger partial charge in [0.25, 0.3) is 0 Å². The van der Waals surface area contributed by atoms with Crippen molar-refractivity contribution in [3.8, 4) is 0 Å². The van der Waals surface area contributed by atoms with Crippen molar-refractivity contribution in [2.45, 2.75) is 45.2 Å². The van der Waals surface area contributed by atoms with Crippen molar-refractivity contribution < 1.29 is 14.1 Å². The highest BCUT2D eigenvalue weighted by Crippen LogP contribution is 2.13. The third-order valence-electron chi connectivity index (χ3n) is 3.24. The predicted octanol–water partition coefficient (Wildman–Crippen LogP) is 1.00. The molecule has 0 spiro atoms. The lowest BCUT2D eigenvalue weighted by Gasteiger charge is -2.25. The van der Waals surface area contributed by atoms with Crippen LogP contribution in [0.4, 0.5) is 0 Å². The molecule has 1 N–H and O–H groups in total. The number of aryl methyl sites for hydroxylation is 1. The molecular weight excluding hydrogens is 246 g/mol. The number of amides is 2. The number of rotatable bonds is 4. The van der Waals surface area contributed by atoms with Gasteiger partial charge in [0.2, 0.25) is 11.8 Å². The van der Waals surface area contributed by atoms with Gasteiger partial charge >= 0.3 is 0 Å². The van der Waals surface area contributed by atoms with Gasteiger partial charge in [-0.2, -0.15) is 0 Å². The van der Waals surface area contributed by atoms with Crippen molar-refractivity contribution in [2.75, 3.05) is 7.05 Å². The van der Waals surface area contributed by atoms with Crippen LogP contribution in [-0.4, -0.2) is 35.0 Å². The van der Waals surface area contributed by atoms with Crippen molar-refractivity contribution in [1.29, 1.82) is 0 Å². The number of carbonyl (C=O) groups excluding carboxylic acids is 2. The Bertz CT molecular complexity index is 469. The van der Waals surface area contributed by atoms with E-state index in [1.807, 2.05) is 13.0 Å². The van der Waals surface area contributed by atoms with Crippen LogP contribution >= 0.6 is 0 Å². The first-order valence-corrected chi connectivity index (χ1v) is 6.50. The second-order valence-electron chi connectivity index (χ2n) is 5.04. The standard InChI is InChI=1S/C13H19N3O3/c1-9-6-11(15-19-9)8-16(2)13(18)7-10-4-3-5-12(17)14-10/h6,10H,3-5,7-8H2,1-2H3,(H,14,17). The average molecular weight is 265 g/mol. The number of hydrogen-bond acceptors (Lipinski definition) is 4. The van der Waals surface area contributed by atoms with E-state index in [0.29, 0.717) is 19.4 Å². The molecule has 1 aromatic heterocycles. The topological polar surface area (TPSA) is 75.4 Å². The molecule has 2 rings (SSSR count). The van der Waals surface area contributed by atoms with Gasteiger partial charge in [-0.15, -0.1) is 0 Å². The Hall–Kier alpha value is -1.85. The lowest BCUT2D eigenvalue weighted by atomic mass is 10.0. The quantitative estimate of drug-likeness (QED) is 0.881. The molecule has 0 bridgehead atoms. The van der Waals surface area contributed by atoms with E-state index in [4.69, 9.17) is 4.52 Å². The van der Waals surface area contributed by atoms with Crippen molar-refractivity contribution >= 4 is 11.8 Å². The fraction of sp³-hybridized carbons (Fsp3) is 0.615. The highest BCUT2D eigenvalue weighted by atomic mass is 16.5. The first-order chi connectivity index (χ1) is 9.04. The lowest BCUT2D eigenvalue weighted by Crippen LogP contribution is -2.42. The monoisotopic (exact) mass is 265 g/mol. The third kappa shape index (κ3) is 3.81. The van der Waals surface area contributed by atoms with Crippen LogP contribution in [0, 0.1) is 6.92 Å². The Balaban J connectivity index is 1.83. The number of piperidine rings is 1. The van der Waals surface area contributed by atoms with Gasteiger partial charge in [0.05, 0.1) is 6.54 Å². The summed E-state index contributed by atoms with van der Waals surface area (Å²) in [7, 11) is 1.73. The molecular formula is C13H19N3O3. The molecule has 1 aliphatic rings. The number of hydrogen-bond donors (Lipinski definition) is 1. The van der Waals surface area contributed by atoms with Gasteiger partial charge in [0, 0.05) is 32.0 Å². The molecule has 0 radical (unpaired) electrons. The van der Waals surface area contributed by atoms with E-state index in [-0.39, 0.29) is 17.9 Å². The number of nitrogens with one attached hydrogen (secondary N) is 1. The van der Waals surface area contributed by atoms with Gasteiger partial charge in [-0.05, 0) is 19.8 Å². The zero-order valence-corrected chi connectivity index (χ0v) is 11.3. The minimum absolute atomic E-state index is 0.00727. The van der Waals surface area contributed by atoms with Gasteiger partial charge in [-0.25, -0.2) is 0 Å². The van der Waals surface area contributed by atoms with Gasteiger partial charge in [0.1, 0.15) is 11.5 Å². The third-order valence-corrected chi connectivity index (χ3v) is 3.24. The average Bonchev–Trinajstić information content (AvgIpc) is 2.74. The van der Waals surface area contributed by atoms with E-state index in [1.165, 1.54) is 0 Å². The minimum Gasteiger partial charge on any atom is -0.361 e. The van der Waals surface area contributed by atoms with Gasteiger partial charge in [-0.3, -0.25) is 9.59 Å². The van der Waals surface area contributed by atoms with Gasteiger partial charge in [0.15, 0.2) is 0 Å². The van der Waals surface area contributed by atoms with Crippen LogP contribution in [0.5, 0.6) is 0 Å². The van der Waals surface area contributed by atoms with Crippen LogP contribution in [0.1, 0.15) is 37.1 Å². The molecule has 1 atom stereocenters. The van der Waals surface area contributed by atoms with Crippen molar-refractivity contribution in [3.05, 3.63) is 17.5 Å². The second-order valence-corrected chi connectivity index (χ2v) is 5.04.